The first-order valence-electron chi connectivity index (χ1n) is 12.0. The van der Waals surface area contributed by atoms with Gasteiger partial charge in [-0.3, -0.25) is 4.79 Å². The lowest BCUT2D eigenvalue weighted by Crippen LogP contribution is -2.47. The molecule has 1 saturated heterocycles. The highest BCUT2D eigenvalue weighted by molar-refractivity contribution is 5.92. The van der Waals surface area contributed by atoms with Gasteiger partial charge in [0.1, 0.15) is 0 Å². The van der Waals surface area contributed by atoms with Crippen LogP contribution in [0.3, 0.4) is 0 Å². The van der Waals surface area contributed by atoms with Crippen molar-refractivity contribution in [3.63, 3.8) is 0 Å². The Balaban J connectivity index is 1.44. The Morgan fingerprint density at radius 2 is 1.59 bits per heavy atom. The molecule has 1 aliphatic heterocycles. The van der Waals surface area contributed by atoms with Gasteiger partial charge in [0.2, 0.25) is 5.91 Å². The van der Waals surface area contributed by atoms with Crippen molar-refractivity contribution in [2.45, 2.75) is 58.3 Å². The first kappa shape index (κ1) is 23.9. The van der Waals surface area contributed by atoms with Gasteiger partial charge in [0, 0.05) is 37.6 Å². The highest BCUT2D eigenvalue weighted by Gasteiger charge is 2.29. The van der Waals surface area contributed by atoms with Crippen molar-refractivity contribution in [1.29, 1.82) is 0 Å². The summed E-state index contributed by atoms with van der Waals surface area (Å²) < 4.78 is 0. The molecule has 0 spiro atoms. The third kappa shape index (κ3) is 7.43. The van der Waals surface area contributed by atoms with Crippen molar-refractivity contribution < 1.29 is 14.4 Å². The molecular formula is C24H37N5O3. The quantitative estimate of drug-likeness (QED) is 0.509. The van der Waals surface area contributed by atoms with Crippen LogP contribution in [-0.4, -0.2) is 49.0 Å². The number of amides is 5. The molecule has 1 atom stereocenters. The maximum absolute atomic E-state index is 12.7. The van der Waals surface area contributed by atoms with E-state index in [-0.39, 0.29) is 23.9 Å². The number of nitrogens with one attached hydrogen (secondary N) is 4. The molecule has 4 N–H and O–H groups in total. The first-order chi connectivity index (χ1) is 15.5. The standard InChI is InChI=1S/C24H37N5O3/c1-2-14-25-23(31)27-20-10-12-21(13-11-20)28-24(32)29-15-6-9-19(17-29)22(30)26-16-18-7-4-3-5-8-18/h10-13,18-19H,2-9,14-17H2,1H3,(H,26,30)(H,28,32)(H2,25,27,31). The van der Waals surface area contributed by atoms with Gasteiger partial charge in [-0.15, -0.1) is 0 Å². The Morgan fingerprint density at radius 1 is 0.906 bits per heavy atom. The molecule has 8 heteroatoms. The molecule has 0 radical (unpaired) electrons. The van der Waals surface area contributed by atoms with Crippen LogP contribution in [0.5, 0.6) is 0 Å². The second-order valence-corrected chi connectivity index (χ2v) is 8.92. The molecule has 1 saturated carbocycles. The Morgan fingerprint density at radius 3 is 2.28 bits per heavy atom. The zero-order valence-electron chi connectivity index (χ0n) is 19.1. The summed E-state index contributed by atoms with van der Waals surface area (Å²) in [6.07, 6.45) is 8.77. The Bertz CT molecular complexity index is 761. The summed E-state index contributed by atoms with van der Waals surface area (Å²) in [4.78, 5) is 38.8. The predicted octanol–water partition coefficient (Wildman–Crippen LogP) is 4.16. The van der Waals surface area contributed by atoms with Crippen molar-refractivity contribution in [1.82, 2.24) is 15.5 Å². The Kier molecular flexibility index (Phi) is 9.19. The van der Waals surface area contributed by atoms with Crippen molar-refractivity contribution in [2.75, 3.05) is 36.8 Å². The van der Waals surface area contributed by atoms with Crippen molar-refractivity contribution in [2.24, 2.45) is 11.8 Å². The number of likely N-dealkylation sites (tertiary alicyclic amines) is 1. The van der Waals surface area contributed by atoms with E-state index in [0.717, 1.165) is 25.8 Å². The largest absolute Gasteiger partial charge is 0.356 e. The first-order valence-corrected chi connectivity index (χ1v) is 12.0. The summed E-state index contributed by atoms with van der Waals surface area (Å²) in [5, 5.41) is 11.5. The summed E-state index contributed by atoms with van der Waals surface area (Å²) in [6, 6.07) is 6.57. The number of piperidine rings is 1. The maximum Gasteiger partial charge on any atom is 0.321 e. The number of carbonyl (C=O) groups excluding carboxylic acids is 3. The van der Waals surface area contributed by atoms with Crippen LogP contribution in [0.25, 0.3) is 0 Å². The van der Waals surface area contributed by atoms with Gasteiger partial charge >= 0.3 is 12.1 Å². The highest BCUT2D eigenvalue weighted by atomic mass is 16.2. The maximum atomic E-state index is 12.7. The molecule has 1 aliphatic carbocycles. The molecule has 176 valence electrons. The van der Waals surface area contributed by atoms with Crippen molar-refractivity contribution in [3.05, 3.63) is 24.3 Å². The number of hydrogen-bond acceptors (Lipinski definition) is 3. The molecule has 32 heavy (non-hydrogen) atoms. The van der Waals surface area contributed by atoms with E-state index in [9.17, 15) is 14.4 Å². The van der Waals surface area contributed by atoms with Gasteiger partial charge in [-0.2, -0.15) is 0 Å². The van der Waals surface area contributed by atoms with E-state index in [0.29, 0.717) is 36.9 Å². The second kappa shape index (κ2) is 12.3. The lowest BCUT2D eigenvalue weighted by atomic mass is 9.89. The van der Waals surface area contributed by atoms with E-state index >= 15 is 0 Å². The molecular weight excluding hydrogens is 406 g/mol. The summed E-state index contributed by atoms with van der Waals surface area (Å²) >= 11 is 0. The highest BCUT2D eigenvalue weighted by Crippen LogP contribution is 2.23. The third-order valence-electron chi connectivity index (χ3n) is 6.30. The Hall–Kier alpha value is -2.77. The molecule has 2 fully saturated rings. The number of hydrogen-bond donors (Lipinski definition) is 4. The number of nitrogens with zero attached hydrogens (tertiary/aromatic N) is 1. The van der Waals surface area contributed by atoms with Crippen LogP contribution < -0.4 is 21.3 Å². The van der Waals surface area contributed by atoms with E-state index in [1.54, 1.807) is 29.2 Å². The minimum Gasteiger partial charge on any atom is -0.356 e. The van der Waals surface area contributed by atoms with Gasteiger partial charge in [-0.05, 0) is 62.3 Å². The normalized spacial score (nSPS) is 19.2. The van der Waals surface area contributed by atoms with Crippen LogP contribution >= 0.6 is 0 Å². The van der Waals surface area contributed by atoms with E-state index in [2.05, 4.69) is 21.3 Å². The van der Waals surface area contributed by atoms with Gasteiger partial charge in [-0.25, -0.2) is 9.59 Å². The van der Waals surface area contributed by atoms with Crippen LogP contribution in [0.2, 0.25) is 0 Å². The zero-order chi connectivity index (χ0) is 22.8. The average molecular weight is 444 g/mol. The number of benzene rings is 1. The monoisotopic (exact) mass is 443 g/mol. The molecule has 8 nitrogen and oxygen atoms in total. The van der Waals surface area contributed by atoms with Crippen LogP contribution in [0.15, 0.2) is 24.3 Å². The fourth-order valence-corrected chi connectivity index (χ4v) is 4.41. The molecule has 2 aliphatic rings. The van der Waals surface area contributed by atoms with E-state index < -0.39 is 0 Å². The number of urea groups is 2. The third-order valence-corrected chi connectivity index (χ3v) is 6.30. The smallest absolute Gasteiger partial charge is 0.321 e. The SMILES string of the molecule is CCCNC(=O)Nc1ccc(NC(=O)N2CCCC(C(=O)NCC3CCCCC3)C2)cc1. The zero-order valence-corrected chi connectivity index (χ0v) is 19.1. The van der Waals surface area contributed by atoms with Gasteiger partial charge in [0.15, 0.2) is 0 Å². The van der Waals surface area contributed by atoms with E-state index in [4.69, 9.17) is 0 Å². The molecule has 3 rings (SSSR count). The van der Waals surface area contributed by atoms with Crippen molar-refractivity contribution >= 4 is 29.3 Å². The van der Waals surface area contributed by atoms with Gasteiger partial charge < -0.3 is 26.2 Å². The molecule has 1 unspecified atom stereocenters. The van der Waals surface area contributed by atoms with Crippen LogP contribution in [0, 0.1) is 11.8 Å². The molecule has 0 aromatic heterocycles. The lowest BCUT2D eigenvalue weighted by molar-refractivity contribution is -0.126. The fourth-order valence-electron chi connectivity index (χ4n) is 4.41. The molecule has 5 amide bonds. The van der Waals surface area contributed by atoms with E-state index in [1.165, 1.54) is 32.1 Å². The molecule has 1 aromatic rings. The fraction of sp³-hybridized carbons (Fsp3) is 0.625. The minimum absolute atomic E-state index is 0.0739. The second-order valence-electron chi connectivity index (χ2n) is 8.92. The molecule has 0 bridgehead atoms. The number of anilines is 2. The topological polar surface area (TPSA) is 103 Å². The summed E-state index contributed by atoms with van der Waals surface area (Å²) in [7, 11) is 0. The van der Waals surface area contributed by atoms with Gasteiger partial charge in [-0.1, -0.05) is 26.2 Å². The van der Waals surface area contributed by atoms with Crippen LogP contribution in [-0.2, 0) is 4.79 Å². The molecule has 1 heterocycles. The predicted molar refractivity (Wildman–Crippen MR) is 127 cm³/mol. The van der Waals surface area contributed by atoms with Crippen LogP contribution in [0.1, 0.15) is 58.3 Å². The minimum atomic E-state index is -0.246. The average Bonchev–Trinajstić information content (AvgIpc) is 2.83. The number of rotatable bonds is 7. The number of carbonyl (C=O) groups is 3. The molecule has 1 aromatic carbocycles. The Labute approximate surface area is 190 Å². The lowest BCUT2D eigenvalue weighted by Gasteiger charge is -2.32. The summed E-state index contributed by atoms with van der Waals surface area (Å²) in [6.45, 7) is 4.47. The van der Waals surface area contributed by atoms with Gasteiger partial charge in [0.05, 0.1) is 5.92 Å². The van der Waals surface area contributed by atoms with Gasteiger partial charge in [0.25, 0.3) is 0 Å². The van der Waals surface area contributed by atoms with Crippen LogP contribution in [0.4, 0.5) is 21.0 Å². The summed E-state index contributed by atoms with van der Waals surface area (Å²) in [5.41, 5.74) is 1.31. The van der Waals surface area contributed by atoms with Crippen molar-refractivity contribution in [3.8, 4) is 0 Å². The van der Waals surface area contributed by atoms with E-state index in [1.807, 2.05) is 6.92 Å². The summed E-state index contributed by atoms with van der Waals surface area (Å²) in [5.74, 6) is 0.530.